The summed E-state index contributed by atoms with van der Waals surface area (Å²) in [4.78, 5) is 13.0. The lowest BCUT2D eigenvalue weighted by molar-refractivity contribution is 0.0930. The van der Waals surface area contributed by atoms with E-state index in [0.29, 0.717) is 35.3 Å². The van der Waals surface area contributed by atoms with Crippen LogP contribution in [0.5, 0.6) is 0 Å². The summed E-state index contributed by atoms with van der Waals surface area (Å²) in [7, 11) is 1.62. The van der Waals surface area contributed by atoms with E-state index in [4.69, 9.17) is 20.9 Å². The highest BCUT2D eigenvalue weighted by molar-refractivity contribution is 6.30. The Labute approximate surface area is 157 Å². The molecule has 140 valence electrons. The van der Waals surface area contributed by atoms with Gasteiger partial charge in [-0.2, -0.15) is 0 Å². The SMILES string of the molecule is COCCNc1noc(-c2ccc(Cl)cc2)c1C(=O)NC1CCNCC1. The Bertz CT molecular complexity index is 727. The second kappa shape index (κ2) is 9.02. The molecule has 8 heteroatoms. The van der Waals surface area contributed by atoms with Gasteiger partial charge in [0.25, 0.3) is 5.91 Å². The molecule has 0 bridgehead atoms. The molecule has 3 N–H and O–H groups in total. The molecule has 1 aliphatic rings. The van der Waals surface area contributed by atoms with Crippen molar-refractivity contribution in [3.63, 3.8) is 0 Å². The first-order chi connectivity index (χ1) is 12.7. The Morgan fingerprint density at radius 3 is 2.77 bits per heavy atom. The van der Waals surface area contributed by atoms with E-state index in [9.17, 15) is 4.79 Å². The third-order valence-corrected chi connectivity index (χ3v) is 4.55. The average molecular weight is 379 g/mol. The van der Waals surface area contributed by atoms with Crippen LogP contribution in [0.1, 0.15) is 23.2 Å². The normalized spacial score (nSPS) is 15.0. The van der Waals surface area contributed by atoms with Crippen molar-refractivity contribution in [3.05, 3.63) is 34.9 Å². The van der Waals surface area contributed by atoms with E-state index in [1.165, 1.54) is 0 Å². The summed E-state index contributed by atoms with van der Waals surface area (Å²) in [6.07, 6.45) is 1.81. The van der Waals surface area contributed by atoms with Crippen molar-refractivity contribution >= 4 is 23.3 Å². The smallest absolute Gasteiger partial charge is 0.259 e. The molecule has 1 aromatic carbocycles. The van der Waals surface area contributed by atoms with E-state index in [1.54, 1.807) is 19.2 Å². The minimum Gasteiger partial charge on any atom is -0.383 e. The van der Waals surface area contributed by atoms with Crippen LogP contribution in [0.3, 0.4) is 0 Å². The number of hydrogen-bond acceptors (Lipinski definition) is 6. The molecule has 0 saturated carbocycles. The van der Waals surface area contributed by atoms with E-state index in [-0.39, 0.29) is 11.9 Å². The number of carbonyl (C=O) groups is 1. The Morgan fingerprint density at radius 2 is 2.08 bits per heavy atom. The van der Waals surface area contributed by atoms with Crippen LogP contribution in [0.2, 0.25) is 5.02 Å². The quantitative estimate of drug-likeness (QED) is 0.642. The highest BCUT2D eigenvalue weighted by atomic mass is 35.5. The number of methoxy groups -OCH3 is 1. The number of anilines is 1. The van der Waals surface area contributed by atoms with Gasteiger partial charge in [0.1, 0.15) is 5.56 Å². The van der Waals surface area contributed by atoms with Crippen molar-refractivity contribution in [2.45, 2.75) is 18.9 Å². The van der Waals surface area contributed by atoms with Gasteiger partial charge in [-0.15, -0.1) is 0 Å². The molecule has 1 amide bonds. The predicted octanol–water partition coefficient (Wildman–Crippen LogP) is 2.54. The molecule has 0 unspecified atom stereocenters. The van der Waals surface area contributed by atoms with Crippen LogP contribution in [0.25, 0.3) is 11.3 Å². The number of nitrogens with zero attached hydrogens (tertiary/aromatic N) is 1. The van der Waals surface area contributed by atoms with Gasteiger partial charge < -0.3 is 25.2 Å². The van der Waals surface area contributed by atoms with Crippen LogP contribution >= 0.6 is 11.6 Å². The number of benzene rings is 1. The standard InChI is InChI=1S/C18H23ClN4O3/c1-25-11-10-21-17-15(18(24)22-14-6-8-20-9-7-14)16(26-23-17)12-2-4-13(19)5-3-12/h2-5,14,20H,6-11H2,1H3,(H,21,23)(H,22,24). The van der Waals surface area contributed by atoms with Gasteiger partial charge in [0.15, 0.2) is 11.6 Å². The maximum Gasteiger partial charge on any atom is 0.259 e. The number of ether oxygens (including phenoxy) is 1. The van der Waals surface area contributed by atoms with Crippen molar-refractivity contribution in [1.29, 1.82) is 0 Å². The number of nitrogens with one attached hydrogen (secondary N) is 3. The lowest BCUT2D eigenvalue weighted by Crippen LogP contribution is -2.42. The van der Waals surface area contributed by atoms with E-state index < -0.39 is 0 Å². The third kappa shape index (κ3) is 4.55. The van der Waals surface area contributed by atoms with Crippen LogP contribution in [0, 0.1) is 0 Å². The first-order valence-electron chi connectivity index (χ1n) is 8.69. The van der Waals surface area contributed by atoms with Gasteiger partial charge >= 0.3 is 0 Å². The fourth-order valence-corrected chi connectivity index (χ4v) is 3.04. The number of rotatable bonds is 7. The minimum absolute atomic E-state index is 0.142. The van der Waals surface area contributed by atoms with Crippen LogP contribution < -0.4 is 16.0 Å². The van der Waals surface area contributed by atoms with E-state index >= 15 is 0 Å². The molecule has 0 spiro atoms. The number of carbonyl (C=O) groups excluding carboxylic acids is 1. The first kappa shape index (κ1) is 18.7. The molecule has 7 nitrogen and oxygen atoms in total. The van der Waals surface area contributed by atoms with Gasteiger partial charge in [-0.25, -0.2) is 0 Å². The zero-order valence-corrected chi connectivity index (χ0v) is 15.4. The molecule has 0 aliphatic carbocycles. The summed E-state index contributed by atoms with van der Waals surface area (Å²) in [6.45, 7) is 2.82. The number of aromatic nitrogens is 1. The topological polar surface area (TPSA) is 88.4 Å². The summed E-state index contributed by atoms with van der Waals surface area (Å²) in [5, 5.41) is 14.2. The second-order valence-corrected chi connectivity index (χ2v) is 6.60. The van der Waals surface area contributed by atoms with Gasteiger partial charge in [0.2, 0.25) is 0 Å². The minimum atomic E-state index is -0.192. The predicted molar refractivity (Wildman–Crippen MR) is 101 cm³/mol. The monoisotopic (exact) mass is 378 g/mol. The lowest BCUT2D eigenvalue weighted by atomic mass is 10.0. The summed E-state index contributed by atoms with van der Waals surface area (Å²) in [6, 6.07) is 7.27. The van der Waals surface area contributed by atoms with Crippen molar-refractivity contribution in [3.8, 4) is 11.3 Å². The van der Waals surface area contributed by atoms with Crippen molar-refractivity contribution in [2.75, 3.05) is 38.7 Å². The summed E-state index contributed by atoms with van der Waals surface area (Å²) in [5.41, 5.74) is 1.15. The Balaban J connectivity index is 1.86. The molecular weight excluding hydrogens is 356 g/mol. The highest BCUT2D eigenvalue weighted by Gasteiger charge is 2.26. The van der Waals surface area contributed by atoms with E-state index in [0.717, 1.165) is 31.5 Å². The fourth-order valence-electron chi connectivity index (χ4n) is 2.92. The molecule has 1 aromatic heterocycles. The molecule has 3 rings (SSSR count). The van der Waals surface area contributed by atoms with Crippen LogP contribution in [-0.4, -0.2) is 50.5 Å². The molecule has 2 aromatic rings. The Hall–Kier alpha value is -2.09. The largest absolute Gasteiger partial charge is 0.383 e. The zero-order valence-electron chi connectivity index (χ0n) is 14.7. The molecule has 0 radical (unpaired) electrons. The number of hydrogen-bond donors (Lipinski definition) is 3. The fraction of sp³-hybridized carbons (Fsp3) is 0.444. The summed E-state index contributed by atoms with van der Waals surface area (Å²) < 4.78 is 10.5. The zero-order chi connectivity index (χ0) is 18.4. The molecule has 26 heavy (non-hydrogen) atoms. The Morgan fingerprint density at radius 1 is 1.35 bits per heavy atom. The van der Waals surface area contributed by atoms with Crippen molar-refractivity contribution in [2.24, 2.45) is 0 Å². The van der Waals surface area contributed by atoms with Gasteiger partial charge in [0.05, 0.1) is 6.61 Å². The lowest BCUT2D eigenvalue weighted by Gasteiger charge is -2.23. The number of piperidine rings is 1. The van der Waals surface area contributed by atoms with Gasteiger partial charge in [-0.3, -0.25) is 4.79 Å². The van der Waals surface area contributed by atoms with Crippen LogP contribution in [0.15, 0.2) is 28.8 Å². The van der Waals surface area contributed by atoms with Crippen LogP contribution in [-0.2, 0) is 4.74 Å². The van der Waals surface area contributed by atoms with E-state index in [1.807, 2.05) is 12.1 Å². The highest BCUT2D eigenvalue weighted by Crippen LogP contribution is 2.30. The third-order valence-electron chi connectivity index (χ3n) is 4.30. The summed E-state index contributed by atoms with van der Waals surface area (Å²) >= 11 is 5.96. The molecule has 0 atom stereocenters. The average Bonchev–Trinajstić information content (AvgIpc) is 3.07. The van der Waals surface area contributed by atoms with E-state index in [2.05, 4.69) is 21.1 Å². The van der Waals surface area contributed by atoms with Crippen molar-refractivity contribution in [1.82, 2.24) is 15.8 Å². The van der Waals surface area contributed by atoms with Gasteiger partial charge in [-0.05, 0) is 50.2 Å². The maximum atomic E-state index is 13.0. The summed E-state index contributed by atoms with van der Waals surface area (Å²) in [5.74, 6) is 0.648. The second-order valence-electron chi connectivity index (χ2n) is 6.16. The van der Waals surface area contributed by atoms with Crippen molar-refractivity contribution < 1.29 is 14.1 Å². The molecular formula is C18H23ClN4O3. The number of halogens is 1. The number of amides is 1. The molecule has 1 aliphatic heterocycles. The van der Waals surface area contributed by atoms with Gasteiger partial charge in [0, 0.05) is 30.3 Å². The molecule has 2 heterocycles. The molecule has 1 saturated heterocycles. The Kier molecular flexibility index (Phi) is 6.49. The molecule has 1 fully saturated rings. The first-order valence-corrected chi connectivity index (χ1v) is 9.07. The maximum absolute atomic E-state index is 13.0. The van der Waals surface area contributed by atoms with Crippen LogP contribution in [0.4, 0.5) is 5.82 Å². The van der Waals surface area contributed by atoms with Gasteiger partial charge in [-0.1, -0.05) is 16.8 Å².